The number of Topliss-reactive ketones (excluding diaryl/α,β-unsaturated/α-hetero) is 1. The number of nitriles is 1. The average molecular weight is 304 g/mol. The molecule has 0 amide bonds. The molecular formula is C17H15ClFNO. The first kappa shape index (κ1) is 13.3. The van der Waals surface area contributed by atoms with Gasteiger partial charge in [0.2, 0.25) is 0 Å². The SMILES string of the molecule is N#CC(C(=O)C1C2C3CCC(C3)C12)c1ccc(F)cc1Cl. The number of carbonyl (C=O) groups is 1. The maximum atomic E-state index is 13.1. The number of fused-ring (bicyclic) bond motifs is 5. The standard InChI is InChI=1S/C17H15ClFNO/c18-13-6-10(19)3-4-11(13)12(7-20)17(21)16-14-8-1-2-9(5-8)15(14)16/h3-4,6,8-9,12,14-16H,1-2,5H2. The smallest absolute Gasteiger partial charge is 0.158 e. The van der Waals surface area contributed by atoms with Crippen LogP contribution in [0.1, 0.15) is 30.7 Å². The van der Waals surface area contributed by atoms with Crippen LogP contribution in [0.15, 0.2) is 18.2 Å². The summed E-state index contributed by atoms with van der Waals surface area (Å²) < 4.78 is 13.1. The molecule has 2 bridgehead atoms. The molecule has 4 heteroatoms. The molecule has 0 spiro atoms. The monoisotopic (exact) mass is 303 g/mol. The van der Waals surface area contributed by atoms with Gasteiger partial charge in [-0.25, -0.2) is 4.39 Å². The summed E-state index contributed by atoms with van der Waals surface area (Å²) in [6, 6.07) is 5.98. The summed E-state index contributed by atoms with van der Waals surface area (Å²) in [6.45, 7) is 0. The van der Waals surface area contributed by atoms with Crippen LogP contribution < -0.4 is 0 Å². The highest BCUT2D eigenvalue weighted by molar-refractivity contribution is 6.31. The van der Waals surface area contributed by atoms with Crippen LogP contribution in [0, 0.1) is 46.7 Å². The number of carbonyl (C=O) groups excluding carboxylic acids is 1. The lowest BCUT2D eigenvalue weighted by molar-refractivity contribution is -0.121. The second-order valence-electron chi connectivity index (χ2n) is 6.64. The van der Waals surface area contributed by atoms with Gasteiger partial charge in [0.25, 0.3) is 0 Å². The zero-order valence-electron chi connectivity index (χ0n) is 11.4. The van der Waals surface area contributed by atoms with Crippen LogP contribution >= 0.6 is 11.6 Å². The van der Waals surface area contributed by atoms with Gasteiger partial charge >= 0.3 is 0 Å². The molecule has 1 aromatic rings. The maximum Gasteiger partial charge on any atom is 0.158 e. The van der Waals surface area contributed by atoms with Gasteiger partial charge in [0, 0.05) is 10.9 Å². The minimum absolute atomic E-state index is 0.00221. The van der Waals surface area contributed by atoms with E-state index in [1.165, 1.54) is 37.5 Å². The van der Waals surface area contributed by atoms with Crippen molar-refractivity contribution in [3.05, 3.63) is 34.6 Å². The van der Waals surface area contributed by atoms with Gasteiger partial charge in [0.1, 0.15) is 11.7 Å². The van der Waals surface area contributed by atoms with Gasteiger partial charge in [-0.1, -0.05) is 17.7 Å². The number of nitrogens with zero attached hydrogens (tertiary/aromatic N) is 1. The van der Waals surface area contributed by atoms with Crippen molar-refractivity contribution < 1.29 is 9.18 Å². The lowest BCUT2D eigenvalue weighted by Crippen LogP contribution is -2.18. The van der Waals surface area contributed by atoms with Crippen molar-refractivity contribution in [3.8, 4) is 6.07 Å². The van der Waals surface area contributed by atoms with Gasteiger partial charge in [-0.15, -0.1) is 0 Å². The Hall–Kier alpha value is -1.40. The molecule has 5 atom stereocenters. The van der Waals surface area contributed by atoms with E-state index in [-0.39, 0.29) is 16.7 Å². The molecule has 21 heavy (non-hydrogen) atoms. The molecular weight excluding hydrogens is 289 g/mol. The number of rotatable bonds is 3. The first-order chi connectivity index (χ1) is 10.1. The summed E-state index contributed by atoms with van der Waals surface area (Å²) in [6.07, 6.45) is 3.75. The van der Waals surface area contributed by atoms with Crippen LogP contribution in [0.25, 0.3) is 0 Å². The minimum atomic E-state index is -0.854. The molecule has 0 radical (unpaired) electrons. The maximum absolute atomic E-state index is 13.1. The molecule has 3 fully saturated rings. The van der Waals surface area contributed by atoms with Gasteiger partial charge in [0.15, 0.2) is 5.78 Å². The molecule has 3 saturated carbocycles. The second-order valence-corrected chi connectivity index (χ2v) is 7.05. The lowest BCUT2D eigenvalue weighted by Gasteiger charge is -2.13. The molecule has 0 aromatic heterocycles. The van der Waals surface area contributed by atoms with E-state index in [9.17, 15) is 14.4 Å². The Kier molecular flexibility index (Phi) is 2.87. The quantitative estimate of drug-likeness (QED) is 0.848. The number of halogens is 2. The Morgan fingerprint density at radius 1 is 1.33 bits per heavy atom. The Labute approximate surface area is 127 Å². The van der Waals surface area contributed by atoms with Crippen molar-refractivity contribution in [1.82, 2.24) is 0 Å². The number of hydrogen-bond acceptors (Lipinski definition) is 2. The molecule has 2 nitrogen and oxygen atoms in total. The van der Waals surface area contributed by atoms with E-state index in [2.05, 4.69) is 6.07 Å². The Morgan fingerprint density at radius 2 is 2.00 bits per heavy atom. The molecule has 1 aromatic carbocycles. The summed E-state index contributed by atoms with van der Waals surface area (Å²) in [5.41, 5.74) is 0.447. The molecule has 0 aliphatic heterocycles. The van der Waals surface area contributed by atoms with E-state index >= 15 is 0 Å². The number of hydrogen-bond donors (Lipinski definition) is 0. The fourth-order valence-electron chi connectivity index (χ4n) is 4.92. The molecule has 0 saturated heterocycles. The summed E-state index contributed by atoms with van der Waals surface area (Å²) in [4.78, 5) is 12.7. The Balaban J connectivity index is 1.60. The average Bonchev–Trinajstić information content (AvgIpc) is 2.89. The number of ketones is 1. The molecule has 108 valence electrons. The van der Waals surface area contributed by atoms with Crippen LogP contribution in [-0.2, 0) is 4.79 Å². The molecule has 4 rings (SSSR count). The van der Waals surface area contributed by atoms with E-state index in [1.54, 1.807) is 0 Å². The van der Waals surface area contributed by atoms with Crippen molar-refractivity contribution in [2.75, 3.05) is 0 Å². The van der Waals surface area contributed by atoms with Crippen LogP contribution in [-0.4, -0.2) is 5.78 Å². The van der Waals surface area contributed by atoms with Crippen LogP contribution in [0.2, 0.25) is 5.02 Å². The molecule has 0 heterocycles. The fraction of sp³-hybridized carbons (Fsp3) is 0.529. The van der Waals surface area contributed by atoms with Crippen LogP contribution in [0.4, 0.5) is 4.39 Å². The van der Waals surface area contributed by atoms with Crippen LogP contribution in [0.5, 0.6) is 0 Å². The highest BCUT2D eigenvalue weighted by Gasteiger charge is 2.67. The number of benzene rings is 1. The lowest BCUT2D eigenvalue weighted by atomic mass is 9.89. The third-order valence-electron chi connectivity index (χ3n) is 5.75. The Morgan fingerprint density at radius 3 is 2.57 bits per heavy atom. The van der Waals surface area contributed by atoms with E-state index in [1.807, 2.05) is 0 Å². The first-order valence-corrected chi connectivity index (χ1v) is 7.88. The van der Waals surface area contributed by atoms with Gasteiger partial charge in [0.05, 0.1) is 6.07 Å². The summed E-state index contributed by atoms with van der Waals surface area (Å²) in [5, 5.41) is 9.58. The van der Waals surface area contributed by atoms with Crippen molar-refractivity contribution in [3.63, 3.8) is 0 Å². The van der Waals surface area contributed by atoms with Gasteiger partial charge in [-0.05, 0) is 60.6 Å². The second kappa shape index (κ2) is 4.55. The molecule has 3 aliphatic rings. The minimum Gasteiger partial charge on any atom is -0.298 e. The topological polar surface area (TPSA) is 40.9 Å². The van der Waals surface area contributed by atoms with E-state index < -0.39 is 11.7 Å². The van der Waals surface area contributed by atoms with E-state index in [0.29, 0.717) is 29.2 Å². The third kappa shape index (κ3) is 1.85. The molecule has 5 unspecified atom stereocenters. The molecule has 3 aliphatic carbocycles. The largest absolute Gasteiger partial charge is 0.298 e. The van der Waals surface area contributed by atoms with Crippen LogP contribution in [0.3, 0.4) is 0 Å². The summed E-state index contributed by atoms with van der Waals surface area (Å²) in [5.74, 6) is 1.13. The predicted molar refractivity (Wildman–Crippen MR) is 76.1 cm³/mol. The fourth-order valence-corrected chi connectivity index (χ4v) is 5.20. The van der Waals surface area contributed by atoms with Crippen molar-refractivity contribution in [1.29, 1.82) is 5.26 Å². The normalized spacial score (nSPS) is 36.9. The highest BCUT2D eigenvalue weighted by Crippen LogP contribution is 2.70. The van der Waals surface area contributed by atoms with E-state index in [0.717, 1.165) is 0 Å². The third-order valence-corrected chi connectivity index (χ3v) is 6.08. The first-order valence-electron chi connectivity index (χ1n) is 7.50. The van der Waals surface area contributed by atoms with Gasteiger partial charge < -0.3 is 0 Å². The zero-order valence-corrected chi connectivity index (χ0v) is 12.2. The van der Waals surface area contributed by atoms with Crippen molar-refractivity contribution in [2.45, 2.75) is 25.2 Å². The van der Waals surface area contributed by atoms with Gasteiger partial charge in [-0.3, -0.25) is 4.79 Å². The summed E-state index contributed by atoms with van der Waals surface area (Å²) in [7, 11) is 0. The predicted octanol–water partition coefficient (Wildman–Crippen LogP) is 3.95. The Bertz CT molecular complexity index is 651. The summed E-state index contributed by atoms with van der Waals surface area (Å²) >= 11 is 6.02. The molecule has 0 N–H and O–H groups in total. The van der Waals surface area contributed by atoms with Gasteiger partial charge in [-0.2, -0.15) is 5.26 Å². The van der Waals surface area contributed by atoms with Crippen molar-refractivity contribution >= 4 is 17.4 Å². The zero-order chi connectivity index (χ0) is 14.7. The van der Waals surface area contributed by atoms with Crippen molar-refractivity contribution in [2.24, 2.45) is 29.6 Å². The van der Waals surface area contributed by atoms with E-state index in [4.69, 9.17) is 11.6 Å². The highest BCUT2D eigenvalue weighted by atomic mass is 35.5.